The van der Waals surface area contributed by atoms with Gasteiger partial charge in [-0.3, -0.25) is 4.79 Å². The van der Waals surface area contributed by atoms with Crippen LogP contribution in [0.15, 0.2) is 36.5 Å². The van der Waals surface area contributed by atoms with Crippen LogP contribution in [-0.4, -0.2) is 22.6 Å². The number of rotatable bonds is 2. The molecule has 21 heavy (non-hydrogen) atoms. The lowest BCUT2D eigenvalue weighted by atomic mass is 10.2. The van der Waals surface area contributed by atoms with Gasteiger partial charge in [0, 0.05) is 11.8 Å². The van der Waals surface area contributed by atoms with Crippen molar-refractivity contribution >= 4 is 11.7 Å². The molecule has 1 heterocycles. The third-order valence-electron chi connectivity index (χ3n) is 2.50. The van der Waals surface area contributed by atoms with E-state index in [0.29, 0.717) is 5.56 Å². The van der Waals surface area contributed by atoms with Gasteiger partial charge in [-0.1, -0.05) is 17.9 Å². The van der Waals surface area contributed by atoms with Crippen LogP contribution in [0.5, 0.6) is 0 Å². The first-order chi connectivity index (χ1) is 10.1. The van der Waals surface area contributed by atoms with Crippen molar-refractivity contribution in [3.05, 3.63) is 59.3 Å². The third kappa shape index (κ3) is 3.61. The quantitative estimate of drug-likeness (QED) is 0.830. The number of carbonyl (C=O) groups is 1. The van der Waals surface area contributed by atoms with E-state index in [1.165, 1.54) is 18.3 Å². The van der Waals surface area contributed by atoms with Crippen molar-refractivity contribution in [3.63, 3.8) is 0 Å². The highest BCUT2D eigenvalue weighted by Crippen LogP contribution is 2.14. The molecule has 4 nitrogen and oxygen atoms in total. The third-order valence-corrected chi connectivity index (χ3v) is 2.50. The van der Waals surface area contributed by atoms with Gasteiger partial charge < -0.3 is 10.4 Å². The van der Waals surface area contributed by atoms with Gasteiger partial charge >= 0.3 is 0 Å². The molecule has 1 aromatic carbocycles. The Kier molecular flexibility index (Phi) is 4.59. The Morgan fingerprint density at radius 3 is 2.67 bits per heavy atom. The van der Waals surface area contributed by atoms with Crippen molar-refractivity contribution in [1.29, 1.82) is 0 Å². The first-order valence-corrected chi connectivity index (χ1v) is 5.93. The molecule has 0 aliphatic rings. The number of anilines is 1. The van der Waals surface area contributed by atoms with E-state index in [4.69, 9.17) is 5.11 Å². The Balaban J connectivity index is 2.24. The van der Waals surface area contributed by atoms with Crippen LogP contribution in [0, 0.1) is 23.5 Å². The van der Waals surface area contributed by atoms with Crippen LogP contribution in [0.1, 0.15) is 15.9 Å². The summed E-state index contributed by atoms with van der Waals surface area (Å²) >= 11 is 0. The van der Waals surface area contributed by atoms with Gasteiger partial charge in [0.25, 0.3) is 5.91 Å². The zero-order valence-corrected chi connectivity index (χ0v) is 10.7. The van der Waals surface area contributed by atoms with Gasteiger partial charge in [-0.2, -0.15) is 0 Å². The highest BCUT2D eigenvalue weighted by atomic mass is 19.1. The van der Waals surface area contributed by atoms with E-state index in [0.717, 1.165) is 12.1 Å². The number of pyridine rings is 1. The minimum absolute atomic E-state index is 0.104. The van der Waals surface area contributed by atoms with E-state index < -0.39 is 23.1 Å². The Bertz CT molecular complexity index is 716. The molecule has 0 spiro atoms. The molecule has 0 saturated heterocycles. The minimum Gasteiger partial charge on any atom is -0.384 e. The van der Waals surface area contributed by atoms with E-state index in [-0.39, 0.29) is 12.4 Å². The average molecular weight is 288 g/mol. The summed E-state index contributed by atoms with van der Waals surface area (Å²) < 4.78 is 27.0. The van der Waals surface area contributed by atoms with Crippen molar-refractivity contribution in [2.75, 3.05) is 11.9 Å². The van der Waals surface area contributed by atoms with Crippen LogP contribution in [-0.2, 0) is 0 Å². The zero-order valence-electron chi connectivity index (χ0n) is 10.7. The van der Waals surface area contributed by atoms with Crippen LogP contribution in [0.3, 0.4) is 0 Å². The molecule has 0 unspecified atom stereocenters. The second-order valence-corrected chi connectivity index (χ2v) is 3.94. The van der Waals surface area contributed by atoms with Gasteiger partial charge in [0.05, 0.1) is 0 Å². The highest BCUT2D eigenvalue weighted by molar-refractivity contribution is 6.04. The topological polar surface area (TPSA) is 62.2 Å². The van der Waals surface area contributed by atoms with Crippen molar-refractivity contribution in [2.45, 2.75) is 0 Å². The lowest BCUT2D eigenvalue weighted by molar-refractivity contribution is 0.101. The van der Waals surface area contributed by atoms with Gasteiger partial charge in [0.2, 0.25) is 0 Å². The number of aromatic nitrogens is 1. The van der Waals surface area contributed by atoms with E-state index in [2.05, 4.69) is 22.1 Å². The normalized spacial score (nSPS) is 9.67. The Hall–Kier alpha value is -2.78. The molecule has 0 saturated carbocycles. The van der Waals surface area contributed by atoms with Gasteiger partial charge in [0.1, 0.15) is 29.6 Å². The lowest BCUT2D eigenvalue weighted by Gasteiger charge is -2.06. The number of aliphatic hydroxyl groups is 1. The number of halogens is 2. The summed E-state index contributed by atoms with van der Waals surface area (Å²) in [5, 5.41) is 10.9. The molecular formula is C15H10F2N2O2. The van der Waals surface area contributed by atoms with E-state index in [1.54, 1.807) is 6.07 Å². The maximum absolute atomic E-state index is 13.5. The predicted octanol–water partition coefficient (Wildman–Crippen LogP) is 1.96. The fourth-order valence-electron chi connectivity index (χ4n) is 1.61. The summed E-state index contributed by atoms with van der Waals surface area (Å²) in [4.78, 5) is 15.7. The molecule has 106 valence electrons. The average Bonchev–Trinajstić information content (AvgIpc) is 2.45. The van der Waals surface area contributed by atoms with Crippen LogP contribution in [0.2, 0.25) is 0 Å². The first kappa shape index (κ1) is 14.6. The summed E-state index contributed by atoms with van der Waals surface area (Å²) in [7, 11) is 0. The van der Waals surface area contributed by atoms with Crippen LogP contribution in [0.4, 0.5) is 14.6 Å². The molecule has 2 rings (SSSR count). The summed E-state index contributed by atoms with van der Waals surface area (Å²) in [6.45, 7) is -0.301. The Morgan fingerprint density at radius 2 is 2.00 bits per heavy atom. The minimum atomic E-state index is -0.955. The molecule has 1 amide bonds. The predicted molar refractivity (Wildman–Crippen MR) is 72.5 cm³/mol. The molecular weight excluding hydrogens is 278 g/mol. The summed E-state index contributed by atoms with van der Waals surface area (Å²) in [6.07, 6.45) is 1.38. The van der Waals surface area contributed by atoms with Crippen LogP contribution >= 0.6 is 0 Å². The standard InChI is InChI=1S/C15H10F2N2O2/c16-11-4-1-5-12(17)14(11)15(21)19-13-9-10(3-2-8-20)6-7-18-13/h1,4-7,9,20H,8H2,(H,18,19,21). The lowest BCUT2D eigenvalue weighted by Crippen LogP contribution is -2.16. The number of carbonyl (C=O) groups excluding carboxylic acids is 1. The molecule has 6 heteroatoms. The molecule has 0 aliphatic carbocycles. The maximum Gasteiger partial charge on any atom is 0.262 e. The van der Waals surface area contributed by atoms with Crippen LogP contribution in [0.25, 0.3) is 0 Å². The molecule has 2 N–H and O–H groups in total. The number of aliphatic hydroxyl groups excluding tert-OH is 1. The van der Waals surface area contributed by atoms with Gasteiger partial charge in [-0.15, -0.1) is 0 Å². The highest BCUT2D eigenvalue weighted by Gasteiger charge is 2.17. The van der Waals surface area contributed by atoms with Gasteiger partial charge in [-0.05, 0) is 24.3 Å². The Labute approximate surface area is 119 Å². The van der Waals surface area contributed by atoms with Crippen molar-refractivity contribution in [2.24, 2.45) is 0 Å². The van der Waals surface area contributed by atoms with Crippen LogP contribution < -0.4 is 5.32 Å². The number of hydrogen-bond acceptors (Lipinski definition) is 3. The molecule has 0 fully saturated rings. The second kappa shape index (κ2) is 6.59. The first-order valence-electron chi connectivity index (χ1n) is 5.93. The number of benzene rings is 1. The number of nitrogens with zero attached hydrogens (tertiary/aromatic N) is 1. The molecule has 0 atom stereocenters. The number of amides is 1. The summed E-state index contributed by atoms with van der Waals surface area (Å²) in [5.41, 5.74) is -0.172. The summed E-state index contributed by atoms with van der Waals surface area (Å²) in [6, 6.07) is 6.16. The number of hydrogen-bond donors (Lipinski definition) is 2. The maximum atomic E-state index is 13.5. The van der Waals surface area contributed by atoms with E-state index in [1.807, 2.05) is 0 Å². The smallest absolute Gasteiger partial charge is 0.262 e. The van der Waals surface area contributed by atoms with Gasteiger partial charge in [0.15, 0.2) is 0 Å². The van der Waals surface area contributed by atoms with Crippen molar-refractivity contribution in [1.82, 2.24) is 4.98 Å². The molecule has 0 radical (unpaired) electrons. The number of nitrogens with one attached hydrogen (secondary N) is 1. The second-order valence-electron chi connectivity index (χ2n) is 3.94. The van der Waals surface area contributed by atoms with Gasteiger partial charge in [-0.25, -0.2) is 13.8 Å². The zero-order chi connectivity index (χ0) is 15.2. The molecule has 2 aromatic rings. The molecule has 1 aromatic heterocycles. The summed E-state index contributed by atoms with van der Waals surface area (Å²) in [5.74, 6) is 2.33. The van der Waals surface area contributed by atoms with E-state index >= 15 is 0 Å². The van der Waals surface area contributed by atoms with Crippen molar-refractivity contribution < 1.29 is 18.7 Å². The van der Waals surface area contributed by atoms with E-state index in [9.17, 15) is 13.6 Å². The monoisotopic (exact) mass is 288 g/mol. The van der Waals surface area contributed by atoms with Crippen molar-refractivity contribution in [3.8, 4) is 11.8 Å². The fraction of sp³-hybridized carbons (Fsp3) is 0.0667. The molecule has 0 bridgehead atoms. The molecule has 0 aliphatic heterocycles. The largest absolute Gasteiger partial charge is 0.384 e. The Morgan fingerprint density at radius 1 is 1.29 bits per heavy atom. The SMILES string of the molecule is O=C(Nc1cc(C#CCO)ccn1)c1c(F)cccc1F. The fourth-order valence-corrected chi connectivity index (χ4v) is 1.61.